The van der Waals surface area contributed by atoms with E-state index in [1.54, 1.807) is 34.7 Å². The standard InChI is InChI=1S/C26H25N3O2/c1-4-19-14-16-21(17-15-19)29-24(27-23-13-9-8-12-22(23)26(29)31)18(2)28(3)25(30)20-10-6-5-7-11-20/h5-18H,4H2,1-3H3. The molecule has 0 aliphatic rings. The summed E-state index contributed by atoms with van der Waals surface area (Å²) in [7, 11) is 1.74. The highest BCUT2D eigenvalue weighted by atomic mass is 16.2. The van der Waals surface area contributed by atoms with Crippen molar-refractivity contribution in [1.82, 2.24) is 14.5 Å². The van der Waals surface area contributed by atoms with Gasteiger partial charge in [0.2, 0.25) is 0 Å². The zero-order valence-corrected chi connectivity index (χ0v) is 17.9. The summed E-state index contributed by atoms with van der Waals surface area (Å²) in [5.41, 5.74) is 3.01. The molecule has 4 aromatic rings. The molecule has 31 heavy (non-hydrogen) atoms. The van der Waals surface area contributed by atoms with Crippen LogP contribution in [0.5, 0.6) is 0 Å². The maximum Gasteiger partial charge on any atom is 0.266 e. The molecule has 1 unspecified atom stereocenters. The number of aryl methyl sites for hydroxylation is 1. The average molecular weight is 412 g/mol. The molecular weight excluding hydrogens is 386 g/mol. The van der Waals surface area contributed by atoms with Gasteiger partial charge in [0.25, 0.3) is 11.5 Å². The molecule has 0 aliphatic heterocycles. The molecule has 0 spiro atoms. The maximum atomic E-state index is 13.5. The van der Waals surface area contributed by atoms with Gasteiger partial charge in [-0.2, -0.15) is 0 Å². The van der Waals surface area contributed by atoms with E-state index in [1.807, 2.05) is 67.6 Å². The van der Waals surface area contributed by atoms with Gasteiger partial charge < -0.3 is 4.90 Å². The van der Waals surface area contributed by atoms with E-state index in [-0.39, 0.29) is 11.5 Å². The second kappa shape index (κ2) is 8.56. The second-order valence-corrected chi connectivity index (χ2v) is 7.61. The van der Waals surface area contributed by atoms with Crippen molar-refractivity contribution in [3.05, 3.63) is 106 Å². The number of carbonyl (C=O) groups excluding carboxylic acids is 1. The molecule has 5 heteroatoms. The van der Waals surface area contributed by atoms with Gasteiger partial charge in [-0.1, -0.05) is 49.4 Å². The van der Waals surface area contributed by atoms with Crippen LogP contribution in [0.15, 0.2) is 83.7 Å². The number of amides is 1. The van der Waals surface area contributed by atoms with Gasteiger partial charge in [0.05, 0.1) is 22.6 Å². The zero-order valence-electron chi connectivity index (χ0n) is 17.9. The van der Waals surface area contributed by atoms with Crippen LogP contribution in [0.3, 0.4) is 0 Å². The molecule has 0 saturated heterocycles. The maximum absolute atomic E-state index is 13.5. The van der Waals surface area contributed by atoms with Crippen molar-refractivity contribution in [2.24, 2.45) is 0 Å². The largest absolute Gasteiger partial charge is 0.332 e. The monoisotopic (exact) mass is 411 g/mol. The molecule has 3 aromatic carbocycles. The van der Waals surface area contributed by atoms with Crippen LogP contribution in [0.1, 0.15) is 41.6 Å². The minimum Gasteiger partial charge on any atom is -0.332 e. The molecule has 1 amide bonds. The van der Waals surface area contributed by atoms with Crippen molar-refractivity contribution >= 4 is 16.8 Å². The number of nitrogens with zero attached hydrogens (tertiary/aromatic N) is 3. The lowest BCUT2D eigenvalue weighted by Crippen LogP contribution is -2.34. The Morgan fingerprint density at radius 2 is 1.61 bits per heavy atom. The fraction of sp³-hybridized carbons (Fsp3) is 0.192. The second-order valence-electron chi connectivity index (χ2n) is 7.61. The molecule has 4 rings (SSSR count). The normalized spacial score (nSPS) is 12.0. The highest BCUT2D eigenvalue weighted by molar-refractivity contribution is 5.94. The number of fused-ring (bicyclic) bond motifs is 1. The molecule has 5 nitrogen and oxygen atoms in total. The number of hydrogen-bond donors (Lipinski definition) is 0. The summed E-state index contributed by atoms with van der Waals surface area (Å²) in [6, 6.07) is 23.9. The van der Waals surface area contributed by atoms with E-state index >= 15 is 0 Å². The third kappa shape index (κ3) is 3.87. The molecule has 0 fully saturated rings. The van der Waals surface area contributed by atoms with E-state index < -0.39 is 6.04 Å². The molecular formula is C26H25N3O2. The van der Waals surface area contributed by atoms with Crippen molar-refractivity contribution in [3.8, 4) is 5.69 Å². The van der Waals surface area contributed by atoms with Gasteiger partial charge in [-0.25, -0.2) is 4.98 Å². The summed E-state index contributed by atoms with van der Waals surface area (Å²) in [4.78, 5) is 33.0. The number of para-hydroxylation sites is 1. The molecule has 1 atom stereocenters. The lowest BCUT2D eigenvalue weighted by Gasteiger charge is -2.27. The SMILES string of the molecule is CCc1ccc(-n2c(C(C)N(C)C(=O)c3ccccc3)nc3ccccc3c2=O)cc1. The van der Waals surface area contributed by atoms with Gasteiger partial charge in [0, 0.05) is 12.6 Å². The van der Waals surface area contributed by atoms with Crippen LogP contribution in [-0.2, 0) is 6.42 Å². The predicted octanol–water partition coefficient (Wildman–Crippen LogP) is 4.78. The highest BCUT2D eigenvalue weighted by Gasteiger charge is 2.24. The van der Waals surface area contributed by atoms with Crippen molar-refractivity contribution in [1.29, 1.82) is 0 Å². The average Bonchev–Trinajstić information content (AvgIpc) is 2.83. The molecule has 0 bridgehead atoms. The van der Waals surface area contributed by atoms with Crippen LogP contribution >= 0.6 is 0 Å². The summed E-state index contributed by atoms with van der Waals surface area (Å²) >= 11 is 0. The van der Waals surface area contributed by atoms with Crippen LogP contribution in [0.25, 0.3) is 16.6 Å². The lowest BCUT2D eigenvalue weighted by molar-refractivity contribution is 0.0735. The first-order valence-corrected chi connectivity index (χ1v) is 10.4. The van der Waals surface area contributed by atoms with E-state index in [0.717, 1.165) is 12.1 Å². The number of aromatic nitrogens is 2. The Kier molecular flexibility index (Phi) is 5.67. The molecule has 1 aromatic heterocycles. The minimum absolute atomic E-state index is 0.122. The third-order valence-electron chi connectivity index (χ3n) is 5.70. The first kappa shape index (κ1) is 20.5. The van der Waals surface area contributed by atoms with Gasteiger partial charge >= 0.3 is 0 Å². The Morgan fingerprint density at radius 1 is 0.968 bits per heavy atom. The molecule has 156 valence electrons. The number of hydrogen-bond acceptors (Lipinski definition) is 3. The first-order chi connectivity index (χ1) is 15.0. The van der Waals surface area contributed by atoms with E-state index in [9.17, 15) is 9.59 Å². The van der Waals surface area contributed by atoms with Crippen LogP contribution in [0.4, 0.5) is 0 Å². The van der Waals surface area contributed by atoms with Gasteiger partial charge in [-0.15, -0.1) is 0 Å². The summed E-state index contributed by atoms with van der Waals surface area (Å²) in [6.45, 7) is 3.99. The molecule has 0 aliphatic carbocycles. The van der Waals surface area contributed by atoms with Crippen LogP contribution in [0, 0.1) is 0 Å². The Bertz CT molecular complexity index is 1280. The molecule has 0 saturated carbocycles. The summed E-state index contributed by atoms with van der Waals surface area (Å²) < 4.78 is 1.63. The van der Waals surface area contributed by atoms with Crippen molar-refractivity contribution in [2.45, 2.75) is 26.3 Å². The Hall–Kier alpha value is -3.73. The Labute approximate surface area is 181 Å². The predicted molar refractivity (Wildman–Crippen MR) is 124 cm³/mol. The van der Waals surface area contributed by atoms with Gasteiger partial charge in [0.15, 0.2) is 0 Å². The highest BCUT2D eigenvalue weighted by Crippen LogP contribution is 2.23. The number of rotatable bonds is 5. The van der Waals surface area contributed by atoms with Crippen LogP contribution in [-0.4, -0.2) is 27.4 Å². The zero-order chi connectivity index (χ0) is 22.0. The quantitative estimate of drug-likeness (QED) is 0.475. The summed E-state index contributed by atoms with van der Waals surface area (Å²) in [6.07, 6.45) is 0.919. The van der Waals surface area contributed by atoms with Gasteiger partial charge in [-0.05, 0) is 55.3 Å². The molecule has 0 N–H and O–H groups in total. The topological polar surface area (TPSA) is 55.2 Å². The van der Waals surface area contributed by atoms with Crippen molar-refractivity contribution in [2.75, 3.05) is 7.05 Å². The Morgan fingerprint density at radius 3 is 2.29 bits per heavy atom. The Balaban J connectivity index is 1.87. The van der Waals surface area contributed by atoms with E-state index in [2.05, 4.69) is 6.92 Å². The fourth-order valence-electron chi connectivity index (χ4n) is 3.69. The summed E-state index contributed by atoms with van der Waals surface area (Å²) in [5, 5.41) is 0.551. The summed E-state index contributed by atoms with van der Waals surface area (Å²) in [5.74, 6) is 0.406. The molecule has 1 heterocycles. The van der Waals surface area contributed by atoms with Crippen LogP contribution in [0.2, 0.25) is 0 Å². The minimum atomic E-state index is -0.420. The number of carbonyl (C=O) groups is 1. The lowest BCUT2D eigenvalue weighted by atomic mass is 10.1. The van der Waals surface area contributed by atoms with Crippen molar-refractivity contribution < 1.29 is 4.79 Å². The fourth-order valence-corrected chi connectivity index (χ4v) is 3.69. The first-order valence-electron chi connectivity index (χ1n) is 10.4. The van der Waals surface area contributed by atoms with Gasteiger partial charge in [-0.3, -0.25) is 14.2 Å². The van der Waals surface area contributed by atoms with Crippen LogP contribution < -0.4 is 5.56 Å². The van der Waals surface area contributed by atoms with E-state index in [0.29, 0.717) is 22.3 Å². The third-order valence-corrected chi connectivity index (χ3v) is 5.70. The van der Waals surface area contributed by atoms with E-state index in [1.165, 1.54) is 5.56 Å². The molecule has 0 radical (unpaired) electrons. The van der Waals surface area contributed by atoms with E-state index in [4.69, 9.17) is 4.98 Å². The smallest absolute Gasteiger partial charge is 0.266 e. The van der Waals surface area contributed by atoms with Gasteiger partial charge in [0.1, 0.15) is 5.82 Å². The number of benzene rings is 3. The van der Waals surface area contributed by atoms with Crippen molar-refractivity contribution in [3.63, 3.8) is 0 Å².